The van der Waals surface area contributed by atoms with Gasteiger partial charge in [-0.15, -0.1) is 0 Å². The number of carbonyl (C=O) groups is 1. The van der Waals surface area contributed by atoms with E-state index in [2.05, 4.69) is 5.32 Å². The summed E-state index contributed by atoms with van der Waals surface area (Å²) >= 11 is 0. The summed E-state index contributed by atoms with van der Waals surface area (Å²) in [4.78, 5) is 12.3. The molecule has 1 aromatic rings. The number of halogens is 3. The second-order valence-corrected chi connectivity index (χ2v) is 6.71. The molecule has 0 aromatic heterocycles. The highest BCUT2D eigenvalue weighted by molar-refractivity contribution is 5.83. The Labute approximate surface area is 132 Å². The molecule has 126 valence electrons. The summed E-state index contributed by atoms with van der Waals surface area (Å²) in [6.07, 6.45) is -0.334. The van der Waals surface area contributed by atoms with Crippen molar-refractivity contribution in [3.63, 3.8) is 0 Å². The summed E-state index contributed by atoms with van der Waals surface area (Å²) in [6, 6.07) is 5.21. The van der Waals surface area contributed by atoms with Crippen LogP contribution in [0.3, 0.4) is 0 Å². The van der Waals surface area contributed by atoms with E-state index in [1.54, 1.807) is 6.07 Å². The molecule has 2 N–H and O–H groups in total. The second kappa shape index (κ2) is 5.82. The molecule has 1 amide bonds. The Morgan fingerprint density at radius 3 is 2.61 bits per heavy atom. The smallest absolute Gasteiger partial charge is 0.394 e. The normalized spacial score (nSPS) is 26.1. The van der Waals surface area contributed by atoms with Crippen LogP contribution in [0, 0.1) is 5.92 Å². The molecule has 0 saturated heterocycles. The fraction of sp³-hybridized carbons (Fsp3) is 0.588. The van der Waals surface area contributed by atoms with E-state index in [1.165, 1.54) is 6.07 Å². The Hall–Kier alpha value is -1.56. The van der Waals surface area contributed by atoms with Gasteiger partial charge in [0.05, 0.1) is 17.7 Å². The van der Waals surface area contributed by atoms with E-state index in [-0.39, 0.29) is 24.3 Å². The Morgan fingerprint density at radius 1 is 1.30 bits per heavy atom. The Balaban J connectivity index is 1.66. The molecule has 2 aliphatic rings. The highest BCUT2D eigenvalue weighted by Gasteiger charge is 2.47. The maximum atomic E-state index is 12.8. The first-order valence-electron chi connectivity index (χ1n) is 7.95. The quantitative estimate of drug-likeness (QED) is 0.892. The minimum absolute atomic E-state index is 0.0836. The molecule has 0 radical (unpaired) electrons. The van der Waals surface area contributed by atoms with Crippen molar-refractivity contribution in [3.8, 4) is 0 Å². The van der Waals surface area contributed by atoms with Crippen LogP contribution < -0.4 is 5.32 Å². The van der Waals surface area contributed by atoms with E-state index >= 15 is 0 Å². The third-order valence-corrected chi connectivity index (χ3v) is 5.02. The van der Waals surface area contributed by atoms with Gasteiger partial charge in [0, 0.05) is 5.92 Å². The molecule has 2 aliphatic carbocycles. The highest BCUT2D eigenvalue weighted by atomic mass is 19.4. The molecule has 0 aliphatic heterocycles. The van der Waals surface area contributed by atoms with Crippen LogP contribution >= 0.6 is 0 Å². The molecule has 3 rings (SSSR count). The first-order chi connectivity index (χ1) is 10.8. The fourth-order valence-corrected chi connectivity index (χ4v) is 3.53. The van der Waals surface area contributed by atoms with Gasteiger partial charge in [-0.05, 0) is 36.8 Å². The number of benzene rings is 1. The number of nitrogens with one attached hydrogen (secondary N) is 1. The number of aliphatic hydroxyl groups is 1. The number of carbonyl (C=O) groups excluding carboxylic acids is 1. The van der Waals surface area contributed by atoms with Gasteiger partial charge in [0.15, 0.2) is 0 Å². The number of hydrogen-bond donors (Lipinski definition) is 2. The molecular formula is C17H20F3NO2. The molecule has 6 heteroatoms. The van der Waals surface area contributed by atoms with Gasteiger partial charge in [-0.25, -0.2) is 0 Å². The zero-order valence-corrected chi connectivity index (χ0v) is 12.7. The molecule has 1 aromatic carbocycles. The zero-order valence-electron chi connectivity index (χ0n) is 12.7. The summed E-state index contributed by atoms with van der Waals surface area (Å²) in [5.41, 5.74) is -0.647. The van der Waals surface area contributed by atoms with Gasteiger partial charge in [-0.1, -0.05) is 31.0 Å². The minimum atomic E-state index is -4.37. The van der Waals surface area contributed by atoms with Crippen LogP contribution in [0.1, 0.15) is 49.1 Å². The number of aliphatic hydroxyl groups excluding tert-OH is 1. The van der Waals surface area contributed by atoms with Crippen LogP contribution in [0.5, 0.6) is 0 Å². The molecule has 23 heavy (non-hydrogen) atoms. The van der Waals surface area contributed by atoms with Crippen molar-refractivity contribution >= 4 is 5.91 Å². The zero-order chi connectivity index (χ0) is 16.7. The van der Waals surface area contributed by atoms with E-state index in [0.717, 1.165) is 37.8 Å². The standard InChI is InChI=1S/C17H20F3NO2/c18-17(19,20)12-5-3-4-11(8-12)13-9-14(13)15(23)21-16(10-22)6-1-2-7-16/h3-5,8,13-14,22H,1-2,6-7,9-10H2,(H,21,23). The van der Waals surface area contributed by atoms with E-state index < -0.39 is 17.3 Å². The van der Waals surface area contributed by atoms with Crippen LogP contribution in [0.25, 0.3) is 0 Å². The molecule has 2 saturated carbocycles. The SMILES string of the molecule is O=C(NC1(CO)CCCC1)C1CC1c1cccc(C(F)(F)F)c1. The summed E-state index contributed by atoms with van der Waals surface area (Å²) in [5.74, 6) is -0.597. The number of rotatable bonds is 4. The molecule has 0 bridgehead atoms. The Kier molecular flexibility index (Phi) is 4.12. The monoisotopic (exact) mass is 327 g/mol. The van der Waals surface area contributed by atoms with Gasteiger partial charge in [0.2, 0.25) is 5.91 Å². The van der Waals surface area contributed by atoms with Crippen molar-refractivity contribution in [1.82, 2.24) is 5.32 Å². The van der Waals surface area contributed by atoms with Crippen LogP contribution in [-0.4, -0.2) is 23.2 Å². The Morgan fingerprint density at radius 2 is 2.00 bits per heavy atom. The van der Waals surface area contributed by atoms with Crippen LogP contribution in [0.15, 0.2) is 24.3 Å². The summed E-state index contributed by atoms with van der Waals surface area (Å²) in [6.45, 7) is -0.0836. The fourth-order valence-electron chi connectivity index (χ4n) is 3.53. The molecule has 3 nitrogen and oxygen atoms in total. The number of hydrogen-bond acceptors (Lipinski definition) is 2. The van der Waals surface area contributed by atoms with E-state index in [0.29, 0.717) is 12.0 Å². The topological polar surface area (TPSA) is 49.3 Å². The van der Waals surface area contributed by atoms with E-state index in [4.69, 9.17) is 0 Å². The van der Waals surface area contributed by atoms with Gasteiger partial charge < -0.3 is 10.4 Å². The van der Waals surface area contributed by atoms with E-state index in [1.807, 2.05) is 0 Å². The average Bonchev–Trinajstić information content (AvgIpc) is 3.20. The third kappa shape index (κ3) is 3.37. The molecule has 2 atom stereocenters. The average molecular weight is 327 g/mol. The lowest BCUT2D eigenvalue weighted by molar-refractivity contribution is -0.137. The maximum absolute atomic E-state index is 12.8. The molecule has 0 heterocycles. The van der Waals surface area contributed by atoms with Crippen LogP contribution in [-0.2, 0) is 11.0 Å². The number of alkyl halides is 3. The first-order valence-corrected chi connectivity index (χ1v) is 7.95. The van der Waals surface area contributed by atoms with Crippen molar-refractivity contribution < 1.29 is 23.1 Å². The van der Waals surface area contributed by atoms with Crippen molar-refractivity contribution in [1.29, 1.82) is 0 Å². The number of amides is 1. The van der Waals surface area contributed by atoms with Crippen molar-refractivity contribution in [2.75, 3.05) is 6.61 Å². The van der Waals surface area contributed by atoms with Gasteiger partial charge in [0.1, 0.15) is 0 Å². The molecule has 0 spiro atoms. The summed E-state index contributed by atoms with van der Waals surface area (Å²) in [7, 11) is 0. The first kappa shape index (κ1) is 16.3. The van der Waals surface area contributed by atoms with Crippen molar-refractivity contribution in [2.24, 2.45) is 5.92 Å². The van der Waals surface area contributed by atoms with Gasteiger partial charge in [0.25, 0.3) is 0 Å². The Bertz CT molecular complexity index is 594. The molecular weight excluding hydrogens is 307 g/mol. The lowest BCUT2D eigenvalue weighted by atomic mass is 9.98. The van der Waals surface area contributed by atoms with Gasteiger partial charge in [-0.3, -0.25) is 4.79 Å². The van der Waals surface area contributed by atoms with Crippen molar-refractivity contribution in [2.45, 2.75) is 49.7 Å². The highest BCUT2D eigenvalue weighted by Crippen LogP contribution is 2.49. The lowest BCUT2D eigenvalue weighted by Crippen LogP contribution is -2.49. The largest absolute Gasteiger partial charge is 0.416 e. The molecule has 2 unspecified atom stereocenters. The van der Waals surface area contributed by atoms with Crippen LogP contribution in [0.4, 0.5) is 13.2 Å². The van der Waals surface area contributed by atoms with Crippen LogP contribution in [0.2, 0.25) is 0 Å². The predicted molar refractivity (Wildman–Crippen MR) is 78.7 cm³/mol. The lowest BCUT2D eigenvalue weighted by Gasteiger charge is -2.28. The van der Waals surface area contributed by atoms with E-state index in [9.17, 15) is 23.1 Å². The third-order valence-electron chi connectivity index (χ3n) is 5.02. The minimum Gasteiger partial charge on any atom is -0.394 e. The van der Waals surface area contributed by atoms with Gasteiger partial charge >= 0.3 is 6.18 Å². The predicted octanol–water partition coefficient (Wildman–Crippen LogP) is 3.23. The maximum Gasteiger partial charge on any atom is 0.416 e. The van der Waals surface area contributed by atoms with Gasteiger partial charge in [-0.2, -0.15) is 13.2 Å². The second-order valence-electron chi connectivity index (χ2n) is 6.71. The van der Waals surface area contributed by atoms with Crippen molar-refractivity contribution in [3.05, 3.63) is 35.4 Å². The molecule has 2 fully saturated rings. The summed E-state index contributed by atoms with van der Waals surface area (Å²) < 4.78 is 38.3. The summed E-state index contributed by atoms with van der Waals surface area (Å²) in [5, 5.41) is 12.5.